The smallest absolute Gasteiger partial charge is 0.136 e. The lowest BCUT2D eigenvalue weighted by atomic mass is 10.1. The van der Waals surface area contributed by atoms with Gasteiger partial charge in [-0.05, 0) is 26.3 Å². The first-order valence-electron chi connectivity index (χ1n) is 6.11. The number of hydrogen-bond donors (Lipinski definition) is 0. The Morgan fingerprint density at radius 1 is 1.18 bits per heavy atom. The van der Waals surface area contributed by atoms with Gasteiger partial charge in [0.1, 0.15) is 11.6 Å². The van der Waals surface area contributed by atoms with Gasteiger partial charge in [0.2, 0.25) is 0 Å². The number of fused-ring (bicyclic) bond motifs is 1. The molecule has 2 aliphatic rings. The molecule has 0 radical (unpaired) electrons. The average Bonchev–Trinajstić information content (AvgIpc) is 2.69. The first-order valence-corrected chi connectivity index (χ1v) is 6.11. The molecule has 0 unspecified atom stereocenters. The average molecular weight is 231 g/mol. The molecule has 0 bridgehead atoms. The Balaban J connectivity index is 2.01. The molecule has 0 atom stereocenters. The molecule has 1 fully saturated rings. The Morgan fingerprint density at radius 2 is 1.94 bits per heavy atom. The Hall–Kier alpha value is -1.42. The van der Waals surface area contributed by atoms with Gasteiger partial charge in [0.25, 0.3) is 0 Å². The van der Waals surface area contributed by atoms with Crippen molar-refractivity contribution in [3.8, 4) is 0 Å². The van der Waals surface area contributed by atoms with Crippen molar-refractivity contribution < 1.29 is 4.74 Å². The summed E-state index contributed by atoms with van der Waals surface area (Å²) in [5, 5.41) is 0. The maximum Gasteiger partial charge on any atom is 0.136 e. The van der Waals surface area contributed by atoms with E-state index in [0.29, 0.717) is 0 Å². The van der Waals surface area contributed by atoms with Crippen LogP contribution < -0.4 is 4.90 Å². The summed E-state index contributed by atoms with van der Waals surface area (Å²) in [6.07, 6.45) is 3.16. The molecule has 1 aromatic rings. The number of hydrogen-bond acceptors (Lipinski definition) is 4. The minimum absolute atomic E-state index is 0.796. The molecule has 1 aliphatic carbocycles. The molecule has 17 heavy (non-hydrogen) atoms. The highest BCUT2D eigenvalue weighted by molar-refractivity contribution is 5.67. The Labute approximate surface area is 101 Å². The molecular weight excluding hydrogens is 214 g/mol. The summed E-state index contributed by atoms with van der Waals surface area (Å²) in [7, 11) is 0. The van der Waals surface area contributed by atoms with Gasteiger partial charge in [0.05, 0.1) is 18.9 Å². The van der Waals surface area contributed by atoms with E-state index < -0.39 is 0 Å². The summed E-state index contributed by atoms with van der Waals surface area (Å²) in [6, 6.07) is 0. The second-order valence-electron chi connectivity index (χ2n) is 4.73. The zero-order chi connectivity index (χ0) is 11.8. The number of nitrogens with zero attached hydrogens (tertiary/aromatic N) is 3. The van der Waals surface area contributed by atoms with Gasteiger partial charge in [0.15, 0.2) is 0 Å². The van der Waals surface area contributed by atoms with Gasteiger partial charge in [-0.1, -0.05) is 5.57 Å². The quantitative estimate of drug-likeness (QED) is 0.735. The summed E-state index contributed by atoms with van der Waals surface area (Å²) in [6.45, 7) is 7.57. The summed E-state index contributed by atoms with van der Waals surface area (Å²) < 4.78 is 5.39. The molecule has 1 saturated heterocycles. The fourth-order valence-electron chi connectivity index (χ4n) is 2.49. The van der Waals surface area contributed by atoms with Gasteiger partial charge >= 0.3 is 0 Å². The van der Waals surface area contributed by atoms with Crippen molar-refractivity contribution in [2.75, 3.05) is 31.2 Å². The number of ether oxygens (including phenoxy) is 1. The first-order chi connectivity index (χ1) is 8.24. The second kappa shape index (κ2) is 4.11. The lowest BCUT2D eigenvalue weighted by molar-refractivity contribution is 0.122. The maximum atomic E-state index is 5.39. The molecule has 0 aromatic carbocycles. The van der Waals surface area contributed by atoms with Crippen LogP contribution in [0, 0.1) is 6.92 Å². The van der Waals surface area contributed by atoms with Crippen LogP contribution in [0.15, 0.2) is 5.57 Å². The maximum absolute atomic E-state index is 5.39. The number of anilines is 1. The van der Waals surface area contributed by atoms with Crippen LogP contribution in [0.25, 0.3) is 6.08 Å². The van der Waals surface area contributed by atoms with Crippen LogP contribution in [0.3, 0.4) is 0 Å². The molecule has 3 rings (SSSR count). The van der Waals surface area contributed by atoms with E-state index in [-0.39, 0.29) is 0 Å². The van der Waals surface area contributed by atoms with Crippen molar-refractivity contribution in [1.82, 2.24) is 9.97 Å². The van der Waals surface area contributed by atoms with Gasteiger partial charge in [0, 0.05) is 18.7 Å². The Morgan fingerprint density at radius 3 is 2.71 bits per heavy atom. The van der Waals surface area contributed by atoms with E-state index in [1.165, 1.54) is 11.1 Å². The van der Waals surface area contributed by atoms with Crippen molar-refractivity contribution in [3.63, 3.8) is 0 Å². The monoisotopic (exact) mass is 231 g/mol. The molecule has 4 heteroatoms. The van der Waals surface area contributed by atoms with Gasteiger partial charge in [-0.25, -0.2) is 9.97 Å². The number of aromatic nitrogens is 2. The molecule has 1 aliphatic heterocycles. The predicted octanol–water partition coefficient (Wildman–Crippen LogP) is 1.58. The largest absolute Gasteiger partial charge is 0.378 e. The minimum atomic E-state index is 0.796. The Bertz CT molecular complexity index is 476. The van der Waals surface area contributed by atoms with Crippen molar-refractivity contribution in [1.29, 1.82) is 0 Å². The topological polar surface area (TPSA) is 38.2 Å². The van der Waals surface area contributed by atoms with Gasteiger partial charge in [-0.15, -0.1) is 0 Å². The predicted molar refractivity (Wildman–Crippen MR) is 67.2 cm³/mol. The second-order valence-corrected chi connectivity index (χ2v) is 4.73. The molecule has 2 heterocycles. The summed E-state index contributed by atoms with van der Waals surface area (Å²) in [5.74, 6) is 1.97. The van der Waals surface area contributed by atoms with Crippen molar-refractivity contribution in [2.45, 2.75) is 20.3 Å². The minimum Gasteiger partial charge on any atom is -0.378 e. The van der Waals surface area contributed by atoms with Gasteiger partial charge in [-0.3, -0.25) is 0 Å². The third kappa shape index (κ3) is 1.93. The van der Waals surface area contributed by atoms with Crippen LogP contribution in [0.4, 0.5) is 5.82 Å². The van der Waals surface area contributed by atoms with E-state index in [0.717, 1.165) is 50.1 Å². The summed E-state index contributed by atoms with van der Waals surface area (Å²) >= 11 is 0. The highest BCUT2D eigenvalue weighted by Crippen LogP contribution is 2.30. The van der Waals surface area contributed by atoms with E-state index in [2.05, 4.69) is 27.9 Å². The third-order valence-electron chi connectivity index (χ3n) is 3.28. The number of morpholine rings is 1. The summed E-state index contributed by atoms with van der Waals surface area (Å²) in [5.41, 5.74) is 3.76. The third-order valence-corrected chi connectivity index (χ3v) is 3.28. The number of allylic oxidation sites excluding steroid dienone is 1. The number of rotatable bonds is 1. The van der Waals surface area contributed by atoms with Crippen molar-refractivity contribution >= 4 is 11.9 Å². The highest BCUT2D eigenvalue weighted by atomic mass is 16.5. The van der Waals surface area contributed by atoms with Gasteiger partial charge < -0.3 is 9.64 Å². The van der Waals surface area contributed by atoms with Crippen LogP contribution in [0.1, 0.15) is 24.0 Å². The van der Waals surface area contributed by atoms with E-state index in [4.69, 9.17) is 4.74 Å². The Kier molecular flexibility index (Phi) is 2.59. The van der Waals surface area contributed by atoms with Crippen LogP contribution in [0.5, 0.6) is 0 Å². The molecule has 1 aromatic heterocycles. The lowest BCUT2D eigenvalue weighted by Gasteiger charge is -2.29. The normalized spacial score (nSPS) is 19.2. The molecule has 0 spiro atoms. The number of aryl methyl sites for hydroxylation is 1. The van der Waals surface area contributed by atoms with Crippen LogP contribution in [0.2, 0.25) is 0 Å². The van der Waals surface area contributed by atoms with Crippen molar-refractivity contribution in [2.24, 2.45) is 0 Å². The zero-order valence-corrected chi connectivity index (χ0v) is 10.4. The van der Waals surface area contributed by atoms with Crippen LogP contribution in [-0.2, 0) is 11.2 Å². The molecule has 4 nitrogen and oxygen atoms in total. The SMILES string of the molecule is CC1=Cc2nc(C)nc(N3CCOCC3)c2C1. The van der Waals surface area contributed by atoms with Crippen LogP contribution >= 0.6 is 0 Å². The molecule has 0 amide bonds. The van der Waals surface area contributed by atoms with Crippen LogP contribution in [-0.4, -0.2) is 36.3 Å². The highest BCUT2D eigenvalue weighted by Gasteiger charge is 2.22. The van der Waals surface area contributed by atoms with Gasteiger partial charge in [-0.2, -0.15) is 0 Å². The van der Waals surface area contributed by atoms with E-state index in [1.807, 2.05) is 6.92 Å². The lowest BCUT2D eigenvalue weighted by Crippen LogP contribution is -2.37. The van der Waals surface area contributed by atoms with E-state index in [9.17, 15) is 0 Å². The fraction of sp³-hybridized carbons (Fsp3) is 0.538. The first kappa shape index (κ1) is 10.7. The van der Waals surface area contributed by atoms with E-state index >= 15 is 0 Å². The molecule has 90 valence electrons. The summed E-state index contributed by atoms with van der Waals surface area (Å²) in [4.78, 5) is 11.5. The molecule has 0 saturated carbocycles. The van der Waals surface area contributed by atoms with E-state index in [1.54, 1.807) is 0 Å². The molecule has 0 N–H and O–H groups in total. The van der Waals surface area contributed by atoms with Crippen molar-refractivity contribution in [3.05, 3.63) is 22.7 Å². The fourth-order valence-corrected chi connectivity index (χ4v) is 2.49. The zero-order valence-electron chi connectivity index (χ0n) is 10.4. The molecular formula is C13H17N3O. The standard InChI is InChI=1S/C13H17N3O/c1-9-7-11-12(8-9)14-10(2)15-13(11)16-3-5-17-6-4-16/h8H,3-7H2,1-2H3.